The summed E-state index contributed by atoms with van der Waals surface area (Å²) in [4.78, 5) is 59.7. The van der Waals surface area contributed by atoms with Gasteiger partial charge in [-0.3, -0.25) is 34.7 Å². The number of thioether (sulfide) groups is 1. The molecule has 35 heavy (non-hydrogen) atoms. The molecule has 2 atom stereocenters. The molecule has 0 radical (unpaired) electrons. The Hall–Kier alpha value is -4.04. The maximum Gasteiger partial charge on any atom is 0.352 e. The lowest BCUT2D eigenvalue weighted by atomic mass is 10.0. The van der Waals surface area contributed by atoms with Crippen molar-refractivity contribution in [3.8, 4) is 0 Å². The number of carboxylic acids is 1. The molecule has 2 amide bonds. The lowest BCUT2D eigenvalue weighted by molar-refractivity contribution is -0.394. The van der Waals surface area contributed by atoms with Gasteiger partial charge in [0.15, 0.2) is 0 Å². The van der Waals surface area contributed by atoms with Crippen LogP contribution in [0.5, 0.6) is 0 Å². The number of thiophene rings is 1. The number of fused-ring (bicyclic) bond motifs is 1. The normalized spacial score (nSPS) is 19.3. The third-order valence-electron chi connectivity index (χ3n) is 5.32. The predicted molar refractivity (Wildman–Crippen MR) is 126 cm³/mol. The van der Waals surface area contributed by atoms with Gasteiger partial charge in [0.05, 0.1) is 27.9 Å². The molecule has 2 N–H and O–H groups in total. The summed E-state index contributed by atoms with van der Waals surface area (Å²) in [5, 5.41) is 35.9. The number of carbonyl (C=O) groups excluding carboxylic acids is 2. The zero-order chi connectivity index (χ0) is 25.3. The largest absolute Gasteiger partial charge is 0.477 e. The standard InChI is InChI=1S/C21H16N4O8S2/c26-16(9-14-2-1-7-34-14)22-17-19(27)23-18(21(28)29)12(10-35-20(17)23)4-3-11-5-6-13(24(30)31)8-15(11)25(32)33/h1-8,17,20H,9-10H2,(H,22,26)(H,28,29)/b4-3+. The number of hydrogen-bond acceptors (Lipinski definition) is 9. The molecular formula is C21H16N4O8S2. The quantitative estimate of drug-likeness (QED) is 0.304. The molecule has 2 unspecified atom stereocenters. The van der Waals surface area contributed by atoms with Gasteiger partial charge in [-0.05, 0) is 29.2 Å². The molecule has 3 heterocycles. The van der Waals surface area contributed by atoms with E-state index in [9.17, 15) is 39.7 Å². The number of carboxylic acid groups (broad SMARTS) is 1. The van der Waals surface area contributed by atoms with Crippen LogP contribution in [0.15, 0.2) is 53.1 Å². The minimum absolute atomic E-state index is 0.0404. The number of nitrogens with zero attached hydrogens (tertiary/aromatic N) is 3. The molecule has 180 valence electrons. The Morgan fingerprint density at radius 3 is 2.60 bits per heavy atom. The van der Waals surface area contributed by atoms with Gasteiger partial charge in [-0.25, -0.2) is 4.79 Å². The first-order valence-corrected chi connectivity index (χ1v) is 11.9. The maximum absolute atomic E-state index is 12.7. The van der Waals surface area contributed by atoms with Crippen LogP contribution in [0.1, 0.15) is 10.4 Å². The number of benzene rings is 1. The minimum Gasteiger partial charge on any atom is -0.477 e. The lowest BCUT2D eigenvalue weighted by Crippen LogP contribution is -2.70. The van der Waals surface area contributed by atoms with Crippen molar-refractivity contribution in [2.24, 2.45) is 0 Å². The Balaban J connectivity index is 1.55. The van der Waals surface area contributed by atoms with Gasteiger partial charge in [-0.1, -0.05) is 12.1 Å². The number of nitro groups is 2. The van der Waals surface area contributed by atoms with Crippen molar-refractivity contribution in [3.05, 3.63) is 83.7 Å². The fourth-order valence-corrected chi connectivity index (χ4v) is 5.72. The monoisotopic (exact) mass is 516 g/mol. The fraction of sp³-hybridized carbons (Fsp3) is 0.190. The number of nitrogens with one attached hydrogen (secondary N) is 1. The highest BCUT2D eigenvalue weighted by Gasteiger charge is 2.53. The van der Waals surface area contributed by atoms with Gasteiger partial charge in [0.1, 0.15) is 17.1 Å². The Morgan fingerprint density at radius 2 is 1.97 bits per heavy atom. The summed E-state index contributed by atoms with van der Waals surface area (Å²) in [6.07, 6.45) is 2.74. The molecule has 14 heteroatoms. The number of nitro benzene ring substituents is 2. The molecule has 0 saturated carbocycles. The molecular weight excluding hydrogens is 500 g/mol. The van der Waals surface area contributed by atoms with Crippen molar-refractivity contribution in [2.75, 3.05) is 5.75 Å². The van der Waals surface area contributed by atoms with Gasteiger partial charge in [0.25, 0.3) is 17.3 Å². The number of aliphatic carboxylic acids is 1. The topological polar surface area (TPSA) is 173 Å². The highest BCUT2D eigenvalue weighted by atomic mass is 32.2. The van der Waals surface area contributed by atoms with Crippen LogP contribution in [0.2, 0.25) is 0 Å². The van der Waals surface area contributed by atoms with Crippen LogP contribution in [0.25, 0.3) is 6.08 Å². The van der Waals surface area contributed by atoms with Crippen LogP contribution in [0.3, 0.4) is 0 Å². The first-order chi connectivity index (χ1) is 16.7. The van der Waals surface area contributed by atoms with Crippen molar-refractivity contribution in [1.82, 2.24) is 10.2 Å². The van der Waals surface area contributed by atoms with Gasteiger partial charge < -0.3 is 10.4 Å². The van der Waals surface area contributed by atoms with E-state index in [1.165, 1.54) is 41.3 Å². The number of hydrogen-bond donors (Lipinski definition) is 2. The number of non-ortho nitro benzene ring substituents is 1. The number of carbonyl (C=O) groups is 3. The molecule has 0 spiro atoms. The van der Waals surface area contributed by atoms with Crippen molar-refractivity contribution < 1.29 is 29.3 Å². The molecule has 1 saturated heterocycles. The van der Waals surface area contributed by atoms with Crippen LogP contribution < -0.4 is 5.32 Å². The highest BCUT2D eigenvalue weighted by molar-refractivity contribution is 8.00. The number of β-lactam (4-membered cyclic amide) rings is 1. The van der Waals surface area contributed by atoms with E-state index in [2.05, 4.69) is 5.32 Å². The van der Waals surface area contributed by atoms with Crippen LogP contribution >= 0.6 is 23.1 Å². The average molecular weight is 517 g/mol. The first-order valence-electron chi connectivity index (χ1n) is 10.0. The first kappa shape index (κ1) is 24.1. The van der Waals surface area contributed by atoms with Gasteiger partial charge in [0.2, 0.25) is 5.91 Å². The van der Waals surface area contributed by atoms with E-state index in [0.29, 0.717) is 0 Å². The predicted octanol–water partition coefficient (Wildman–Crippen LogP) is 2.56. The molecule has 1 fully saturated rings. The van der Waals surface area contributed by atoms with Crippen molar-refractivity contribution in [2.45, 2.75) is 17.8 Å². The maximum atomic E-state index is 12.7. The van der Waals surface area contributed by atoms with E-state index in [1.807, 2.05) is 11.4 Å². The molecule has 0 aliphatic carbocycles. The second-order valence-corrected chi connectivity index (χ2v) is 9.62. The van der Waals surface area contributed by atoms with Gasteiger partial charge >= 0.3 is 5.97 Å². The van der Waals surface area contributed by atoms with E-state index in [-0.39, 0.29) is 34.9 Å². The van der Waals surface area contributed by atoms with Crippen molar-refractivity contribution in [3.63, 3.8) is 0 Å². The highest BCUT2D eigenvalue weighted by Crippen LogP contribution is 2.41. The molecule has 2 aliphatic heterocycles. The summed E-state index contributed by atoms with van der Waals surface area (Å²) in [6.45, 7) is 0. The Labute approximate surface area is 205 Å². The zero-order valence-corrected chi connectivity index (χ0v) is 19.3. The summed E-state index contributed by atoms with van der Waals surface area (Å²) in [5.74, 6) is -2.09. The van der Waals surface area contributed by atoms with Crippen LogP contribution in [-0.4, -0.2) is 54.8 Å². The molecule has 2 aromatic rings. The van der Waals surface area contributed by atoms with E-state index >= 15 is 0 Å². The summed E-state index contributed by atoms with van der Waals surface area (Å²) in [6, 6.07) is 5.87. The van der Waals surface area contributed by atoms with E-state index in [4.69, 9.17) is 0 Å². The third kappa shape index (κ3) is 4.79. The summed E-state index contributed by atoms with van der Waals surface area (Å²) < 4.78 is 0. The second kappa shape index (κ2) is 9.68. The molecule has 1 aromatic heterocycles. The molecule has 0 bridgehead atoms. The Bertz CT molecular complexity index is 1300. The summed E-state index contributed by atoms with van der Waals surface area (Å²) >= 11 is 2.66. The van der Waals surface area contributed by atoms with Gasteiger partial charge in [0, 0.05) is 16.7 Å². The number of rotatable bonds is 8. The average Bonchev–Trinajstić information content (AvgIpc) is 3.33. The number of amides is 2. The van der Waals surface area contributed by atoms with Gasteiger partial charge in [-0.2, -0.15) is 0 Å². The Kier molecular flexibility index (Phi) is 6.66. The fourth-order valence-electron chi connectivity index (χ4n) is 3.70. The van der Waals surface area contributed by atoms with E-state index in [0.717, 1.165) is 21.9 Å². The summed E-state index contributed by atoms with van der Waals surface area (Å²) in [7, 11) is 0. The van der Waals surface area contributed by atoms with Crippen molar-refractivity contribution >= 4 is 58.3 Å². The molecule has 1 aromatic carbocycles. The zero-order valence-electron chi connectivity index (χ0n) is 17.7. The molecule has 2 aliphatic rings. The molecule has 4 rings (SSSR count). The Morgan fingerprint density at radius 1 is 1.20 bits per heavy atom. The lowest BCUT2D eigenvalue weighted by Gasteiger charge is -2.49. The van der Waals surface area contributed by atoms with Crippen LogP contribution in [-0.2, 0) is 20.8 Å². The minimum atomic E-state index is -1.36. The SMILES string of the molecule is O=C(Cc1cccs1)NC1C(=O)N2C(C(=O)O)=C(/C=C/c3ccc([N+](=O)[O-])cc3[N+](=O)[O-])CSC12. The van der Waals surface area contributed by atoms with Crippen LogP contribution in [0, 0.1) is 20.2 Å². The smallest absolute Gasteiger partial charge is 0.352 e. The second-order valence-electron chi connectivity index (χ2n) is 7.48. The van der Waals surface area contributed by atoms with Crippen LogP contribution in [0.4, 0.5) is 11.4 Å². The van der Waals surface area contributed by atoms with E-state index < -0.39 is 44.5 Å². The summed E-state index contributed by atoms with van der Waals surface area (Å²) in [5.41, 5.74) is -0.957. The number of allylic oxidation sites excluding steroid dienone is 1. The van der Waals surface area contributed by atoms with E-state index in [1.54, 1.807) is 6.07 Å². The molecule has 12 nitrogen and oxygen atoms in total. The third-order valence-corrected chi connectivity index (χ3v) is 7.50. The van der Waals surface area contributed by atoms with Crippen molar-refractivity contribution in [1.29, 1.82) is 0 Å². The van der Waals surface area contributed by atoms with Gasteiger partial charge in [-0.15, -0.1) is 23.1 Å².